The minimum Gasteiger partial charge on any atom is -0.355 e. The van der Waals surface area contributed by atoms with E-state index in [1.54, 1.807) is 12.1 Å². The van der Waals surface area contributed by atoms with Crippen LogP contribution in [-0.2, 0) is 25.6 Å². The number of hydrogen-bond acceptors (Lipinski definition) is 4. The van der Waals surface area contributed by atoms with Crippen LogP contribution in [0.15, 0.2) is 18.2 Å². The van der Waals surface area contributed by atoms with Crippen LogP contribution in [0.3, 0.4) is 0 Å². The van der Waals surface area contributed by atoms with Crippen LogP contribution in [0.5, 0.6) is 0 Å². The summed E-state index contributed by atoms with van der Waals surface area (Å²) in [7, 11) is 0. The number of aryl methyl sites for hydroxylation is 1. The second-order valence-electron chi connectivity index (χ2n) is 6.60. The van der Waals surface area contributed by atoms with Crippen LogP contribution in [0, 0.1) is 5.92 Å². The SMILES string of the molecule is O=C1CCN2C(=O)C(=O)C(C(=O)NCCCc3ccc(Cl)c(Cl)c3)C2CN1. The normalized spacial score (nSPS) is 22.3. The maximum absolute atomic E-state index is 12.5. The van der Waals surface area contributed by atoms with E-state index in [-0.39, 0.29) is 25.4 Å². The quantitative estimate of drug-likeness (QED) is 0.428. The zero-order valence-electron chi connectivity index (χ0n) is 14.5. The van der Waals surface area contributed by atoms with Gasteiger partial charge in [0.2, 0.25) is 17.6 Å². The van der Waals surface area contributed by atoms with Crippen LogP contribution < -0.4 is 10.6 Å². The zero-order chi connectivity index (χ0) is 19.6. The van der Waals surface area contributed by atoms with Crippen LogP contribution in [-0.4, -0.2) is 54.1 Å². The Balaban J connectivity index is 1.55. The zero-order valence-corrected chi connectivity index (χ0v) is 16.0. The second-order valence-corrected chi connectivity index (χ2v) is 7.42. The maximum atomic E-state index is 12.5. The first-order valence-electron chi connectivity index (χ1n) is 8.71. The first-order valence-corrected chi connectivity index (χ1v) is 9.47. The first-order chi connectivity index (χ1) is 12.9. The molecule has 0 aliphatic carbocycles. The number of ketones is 1. The van der Waals surface area contributed by atoms with Crippen molar-refractivity contribution in [3.63, 3.8) is 0 Å². The Morgan fingerprint density at radius 3 is 2.74 bits per heavy atom. The Morgan fingerprint density at radius 1 is 1.22 bits per heavy atom. The summed E-state index contributed by atoms with van der Waals surface area (Å²) in [5, 5.41) is 6.34. The predicted molar refractivity (Wildman–Crippen MR) is 99.4 cm³/mol. The lowest BCUT2D eigenvalue weighted by Crippen LogP contribution is -2.46. The van der Waals surface area contributed by atoms with Gasteiger partial charge in [0, 0.05) is 26.1 Å². The molecule has 0 bridgehead atoms. The number of nitrogens with zero attached hydrogens (tertiary/aromatic N) is 1. The molecular weight excluding hydrogens is 393 g/mol. The van der Waals surface area contributed by atoms with Crippen molar-refractivity contribution in [2.45, 2.75) is 25.3 Å². The van der Waals surface area contributed by atoms with E-state index in [9.17, 15) is 19.2 Å². The molecule has 0 radical (unpaired) electrons. The monoisotopic (exact) mass is 411 g/mol. The summed E-state index contributed by atoms with van der Waals surface area (Å²) in [4.78, 5) is 49.7. The third-order valence-corrected chi connectivity index (χ3v) is 5.57. The summed E-state index contributed by atoms with van der Waals surface area (Å²) >= 11 is 11.9. The van der Waals surface area contributed by atoms with Crippen LogP contribution in [0.25, 0.3) is 0 Å². The second kappa shape index (κ2) is 8.27. The number of hydrogen-bond donors (Lipinski definition) is 2. The van der Waals surface area contributed by atoms with Crippen molar-refractivity contribution in [3.8, 4) is 0 Å². The van der Waals surface area contributed by atoms with Gasteiger partial charge in [-0.3, -0.25) is 19.2 Å². The van der Waals surface area contributed by atoms with Gasteiger partial charge in [-0.05, 0) is 30.5 Å². The molecule has 9 heteroatoms. The van der Waals surface area contributed by atoms with Crippen molar-refractivity contribution in [1.29, 1.82) is 0 Å². The van der Waals surface area contributed by atoms with Crippen molar-refractivity contribution in [2.75, 3.05) is 19.6 Å². The van der Waals surface area contributed by atoms with E-state index in [1.165, 1.54) is 4.90 Å². The summed E-state index contributed by atoms with van der Waals surface area (Å²) in [6, 6.07) is 4.74. The lowest BCUT2D eigenvalue weighted by molar-refractivity contribution is -0.142. The molecule has 2 unspecified atom stereocenters. The Labute approximate surface area is 166 Å². The molecule has 7 nitrogen and oxygen atoms in total. The number of halogens is 2. The number of benzene rings is 1. The third kappa shape index (κ3) is 4.25. The van der Waals surface area contributed by atoms with Crippen LogP contribution >= 0.6 is 23.2 Å². The highest BCUT2D eigenvalue weighted by atomic mass is 35.5. The van der Waals surface area contributed by atoms with Crippen LogP contribution in [0.2, 0.25) is 10.0 Å². The molecule has 0 saturated carbocycles. The third-order valence-electron chi connectivity index (χ3n) is 4.84. The molecule has 144 valence electrons. The minimum atomic E-state index is -1.08. The van der Waals surface area contributed by atoms with Crippen molar-refractivity contribution < 1.29 is 19.2 Å². The Kier molecular flexibility index (Phi) is 6.01. The molecule has 2 heterocycles. The van der Waals surface area contributed by atoms with Crippen molar-refractivity contribution in [1.82, 2.24) is 15.5 Å². The van der Waals surface area contributed by atoms with Gasteiger partial charge in [-0.2, -0.15) is 0 Å². The maximum Gasteiger partial charge on any atom is 0.291 e. The standard InChI is InChI=1S/C18H19Cl2N3O4/c19-11-4-3-10(8-12(11)20)2-1-6-21-17(26)15-13-9-22-14(24)5-7-23(13)18(27)16(15)25/h3-4,8,13,15H,1-2,5-7,9H2,(H,21,26)(H,22,24). The number of amides is 3. The molecule has 1 aromatic rings. The van der Waals surface area contributed by atoms with E-state index in [4.69, 9.17) is 23.2 Å². The average molecular weight is 412 g/mol. The molecule has 2 fully saturated rings. The Bertz CT molecular complexity index is 799. The van der Waals surface area contributed by atoms with Gasteiger partial charge in [-0.15, -0.1) is 0 Å². The molecule has 3 amide bonds. The predicted octanol–water partition coefficient (Wildman–Crippen LogP) is 0.958. The molecule has 2 atom stereocenters. The number of rotatable bonds is 5. The summed E-state index contributed by atoms with van der Waals surface area (Å²) in [6.45, 7) is 0.621. The molecule has 3 rings (SSSR count). The van der Waals surface area contributed by atoms with Crippen molar-refractivity contribution in [3.05, 3.63) is 33.8 Å². The molecule has 0 spiro atoms. The topological polar surface area (TPSA) is 95.6 Å². The molecule has 0 aromatic heterocycles. The van der Waals surface area contributed by atoms with Gasteiger partial charge in [0.05, 0.1) is 16.1 Å². The Hall–Kier alpha value is -2.12. The minimum absolute atomic E-state index is 0.109. The number of nitrogens with one attached hydrogen (secondary N) is 2. The molecule has 2 aliphatic rings. The Morgan fingerprint density at radius 2 is 2.00 bits per heavy atom. The fourth-order valence-corrected chi connectivity index (χ4v) is 3.73. The molecule has 1 aromatic carbocycles. The summed E-state index contributed by atoms with van der Waals surface area (Å²) in [5.74, 6) is -3.15. The first kappa shape index (κ1) is 19.6. The fourth-order valence-electron chi connectivity index (χ4n) is 3.41. The van der Waals surface area contributed by atoms with E-state index < -0.39 is 29.6 Å². The smallest absolute Gasteiger partial charge is 0.291 e. The van der Waals surface area contributed by atoms with Gasteiger partial charge in [0.15, 0.2) is 0 Å². The largest absolute Gasteiger partial charge is 0.355 e. The summed E-state index contributed by atoms with van der Waals surface area (Å²) < 4.78 is 0. The molecular formula is C18H19Cl2N3O4. The summed E-state index contributed by atoms with van der Waals surface area (Å²) in [5.41, 5.74) is 0.989. The molecule has 2 aliphatic heterocycles. The van der Waals surface area contributed by atoms with Crippen LogP contribution in [0.1, 0.15) is 18.4 Å². The van der Waals surface area contributed by atoms with Gasteiger partial charge < -0.3 is 15.5 Å². The fraction of sp³-hybridized carbons (Fsp3) is 0.444. The van der Waals surface area contributed by atoms with Crippen molar-refractivity contribution >= 4 is 46.7 Å². The number of carbonyl (C=O) groups is 4. The lowest BCUT2D eigenvalue weighted by Gasteiger charge is -2.23. The summed E-state index contributed by atoms with van der Waals surface area (Å²) in [6.07, 6.45) is 1.46. The van der Waals surface area contributed by atoms with Gasteiger partial charge >= 0.3 is 0 Å². The van der Waals surface area contributed by atoms with Gasteiger partial charge in [-0.1, -0.05) is 29.3 Å². The molecule has 2 saturated heterocycles. The number of carbonyl (C=O) groups excluding carboxylic acids is 4. The number of Topliss-reactive ketones (excluding diaryl/α,β-unsaturated/α-hetero) is 1. The highest BCUT2D eigenvalue weighted by molar-refractivity contribution is 6.43. The molecule has 2 N–H and O–H groups in total. The average Bonchev–Trinajstić information content (AvgIpc) is 2.76. The van der Waals surface area contributed by atoms with E-state index in [0.29, 0.717) is 29.4 Å². The highest BCUT2D eigenvalue weighted by Gasteiger charge is 2.51. The van der Waals surface area contributed by atoms with Crippen LogP contribution in [0.4, 0.5) is 0 Å². The highest BCUT2D eigenvalue weighted by Crippen LogP contribution is 2.25. The molecule has 27 heavy (non-hydrogen) atoms. The van der Waals surface area contributed by atoms with Crippen molar-refractivity contribution in [2.24, 2.45) is 5.92 Å². The van der Waals surface area contributed by atoms with E-state index in [0.717, 1.165) is 5.56 Å². The number of fused-ring (bicyclic) bond motifs is 1. The van der Waals surface area contributed by atoms with E-state index in [1.807, 2.05) is 6.07 Å². The van der Waals surface area contributed by atoms with E-state index >= 15 is 0 Å². The lowest BCUT2D eigenvalue weighted by atomic mass is 9.98. The van der Waals surface area contributed by atoms with Gasteiger partial charge in [0.1, 0.15) is 5.92 Å². The van der Waals surface area contributed by atoms with Gasteiger partial charge in [-0.25, -0.2) is 0 Å². The van der Waals surface area contributed by atoms with E-state index in [2.05, 4.69) is 10.6 Å². The van der Waals surface area contributed by atoms with Gasteiger partial charge in [0.25, 0.3) is 5.91 Å².